The molecule has 0 aromatic heterocycles. The predicted octanol–water partition coefficient (Wildman–Crippen LogP) is 3.76. The Kier molecular flexibility index (Phi) is 7.46. The molecule has 5 nitrogen and oxygen atoms in total. The molecule has 1 amide bonds. The van der Waals surface area contributed by atoms with E-state index in [4.69, 9.17) is 21.1 Å². The van der Waals surface area contributed by atoms with Gasteiger partial charge in [0.2, 0.25) is 0 Å². The number of halogens is 1. The number of amides is 1. The van der Waals surface area contributed by atoms with E-state index in [-0.39, 0.29) is 10.8 Å². The fourth-order valence-electron chi connectivity index (χ4n) is 1.47. The van der Waals surface area contributed by atoms with E-state index >= 15 is 0 Å². The molecule has 0 aliphatic heterocycles. The maximum Gasteiger partial charge on any atom is 0.414 e. The third-order valence-corrected chi connectivity index (χ3v) is 2.99. The van der Waals surface area contributed by atoms with Crippen molar-refractivity contribution >= 4 is 29.7 Å². The van der Waals surface area contributed by atoms with Crippen molar-refractivity contribution in [3.05, 3.63) is 34.9 Å². The number of nitrogens with zero attached hydrogens (tertiary/aromatic N) is 1. The second kappa shape index (κ2) is 9.10. The molecule has 120 valence electrons. The Morgan fingerprint density at radius 3 is 2.68 bits per heavy atom. The Morgan fingerprint density at radius 1 is 1.32 bits per heavy atom. The van der Waals surface area contributed by atoms with Gasteiger partial charge in [-0.25, -0.2) is 9.59 Å². The van der Waals surface area contributed by atoms with Gasteiger partial charge in [0.25, 0.3) is 0 Å². The fraction of sp³-hybridized carbons (Fsp3) is 0.375. The van der Waals surface area contributed by atoms with Gasteiger partial charge in [-0.3, -0.25) is 0 Å². The van der Waals surface area contributed by atoms with Crippen molar-refractivity contribution in [2.45, 2.75) is 19.8 Å². The lowest BCUT2D eigenvalue weighted by Gasteiger charge is -2.13. The highest BCUT2D eigenvalue weighted by molar-refractivity contribution is 6.32. The van der Waals surface area contributed by atoms with Crippen LogP contribution in [-0.2, 0) is 9.53 Å². The lowest BCUT2D eigenvalue weighted by atomic mass is 10.2. The SMILES string of the molecule is CCCCOC(=O)/C=C/c1cccc(Cl)c1OC(=O)N(C)C. The smallest absolute Gasteiger partial charge is 0.414 e. The zero-order valence-electron chi connectivity index (χ0n) is 13.0. The summed E-state index contributed by atoms with van der Waals surface area (Å²) in [5.41, 5.74) is 0.523. The molecule has 0 atom stereocenters. The molecule has 0 radical (unpaired) electrons. The first-order chi connectivity index (χ1) is 10.5. The number of unbranched alkanes of at least 4 members (excludes halogenated alkanes) is 1. The van der Waals surface area contributed by atoms with E-state index in [0.717, 1.165) is 12.8 Å². The number of rotatable bonds is 6. The monoisotopic (exact) mass is 325 g/mol. The summed E-state index contributed by atoms with van der Waals surface area (Å²) >= 11 is 6.05. The van der Waals surface area contributed by atoms with E-state index in [1.807, 2.05) is 6.92 Å². The van der Waals surface area contributed by atoms with E-state index in [1.165, 1.54) is 17.1 Å². The summed E-state index contributed by atoms with van der Waals surface area (Å²) in [6, 6.07) is 5.01. The molecule has 0 aliphatic rings. The Morgan fingerprint density at radius 2 is 2.05 bits per heavy atom. The minimum atomic E-state index is -0.548. The van der Waals surface area contributed by atoms with Crippen molar-refractivity contribution in [2.75, 3.05) is 20.7 Å². The summed E-state index contributed by atoms with van der Waals surface area (Å²) in [5, 5.41) is 0.289. The molecule has 0 heterocycles. The van der Waals surface area contributed by atoms with Crippen LogP contribution in [0.4, 0.5) is 4.79 Å². The molecule has 0 saturated carbocycles. The molecule has 0 N–H and O–H groups in total. The van der Waals surface area contributed by atoms with Gasteiger partial charge in [0.05, 0.1) is 11.6 Å². The highest BCUT2D eigenvalue weighted by Gasteiger charge is 2.13. The molecule has 1 aromatic rings. The first-order valence-electron chi connectivity index (χ1n) is 6.98. The summed E-state index contributed by atoms with van der Waals surface area (Å²) in [7, 11) is 3.14. The topological polar surface area (TPSA) is 55.8 Å². The quantitative estimate of drug-likeness (QED) is 0.454. The van der Waals surface area contributed by atoms with Crippen molar-refractivity contribution in [2.24, 2.45) is 0 Å². The van der Waals surface area contributed by atoms with Crippen molar-refractivity contribution in [1.29, 1.82) is 0 Å². The molecule has 0 spiro atoms. The van der Waals surface area contributed by atoms with Gasteiger partial charge in [-0.15, -0.1) is 0 Å². The van der Waals surface area contributed by atoms with Crippen LogP contribution in [0.3, 0.4) is 0 Å². The van der Waals surface area contributed by atoms with Gasteiger partial charge >= 0.3 is 12.1 Å². The van der Waals surface area contributed by atoms with Gasteiger partial charge in [0, 0.05) is 25.7 Å². The van der Waals surface area contributed by atoms with Crippen LogP contribution in [0.15, 0.2) is 24.3 Å². The third kappa shape index (κ3) is 5.77. The van der Waals surface area contributed by atoms with Gasteiger partial charge in [-0.05, 0) is 18.6 Å². The molecule has 22 heavy (non-hydrogen) atoms. The summed E-state index contributed by atoms with van der Waals surface area (Å²) in [5.74, 6) is -0.237. The largest absolute Gasteiger partial charge is 0.463 e. The van der Waals surface area contributed by atoms with Crippen LogP contribution in [0.1, 0.15) is 25.3 Å². The van der Waals surface area contributed by atoms with Gasteiger partial charge in [0.1, 0.15) is 0 Å². The molecular formula is C16H20ClNO4. The van der Waals surface area contributed by atoms with E-state index in [0.29, 0.717) is 12.2 Å². The van der Waals surface area contributed by atoms with Crippen LogP contribution in [0, 0.1) is 0 Å². The predicted molar refractivity (Wildman–Crippen MR) is 86.1 cm³/mol. The summed E-state index contributed by atoms with van der Waals surface area (Å²) < 4.78 is 10.2. The number of hydrogen-bond donors (Lipinski definition) is 0. The molecular weight excluding hydrogens is 306 g/mol. The Balaban J connectivity index is 2.84. The van der Waals surface area contributed by atoms with E-state index in [1.54, 1.807) is 32.3 Å². The molecule has 0 unspecified atom stereocenters. The summed E-state index contributed by atoms with van der Waals surface area (Å²) in [6.07, 6.45) is 4.03. The third-order valence-electron chi connectivity index (χ3n) is 2.69. The summed E-state index contributed by atoms with van der Waals surface area (Å²) in [6.45, 7) is 2.40. The number of esters is 1. The summed E-state index contributed by atoms with van der Waals surface area (Å²) in [4.78, 5) is 24.5. The second-order valence-corrected chi connectivity index (χ2v) is 5.18. The molecule has 6 heteroatoms. The van der Waals surface area contributed by atoms with Crippen LogP contribution >= 0.6 is 11.6 Å². The minimum absolute atomic E-state index is 0.209. The highest BCUT2D eigenvalue weighted by Crippen LogP contribution is 2.30. The number of benzene rings is 1. The highest BCUT2D eigenvalue weighted by atomic mass is 35.5. The Hall–Kier alpha value is -2.01. The maximum atomic E-state index is 11.7. The standard InChI is InChI=1S/C16H20ClNO4/c1-4-5-11-21-14(19)10-9-12-7-6-8-13(17)15(12)22-16(20)18(2)3/h6-10H,4-5,11H2,1-3H3/b10-9+. The second-order valence-electron chi connectivity index (χ2n) is 4.77. The molecule has 0 aliphatic carbocycles. The van der Waals surface area contributed by atoms with Crippen molar-refractivity contribution in [1.82, 2.24) is 4.90 Å². The average molecular weight is 326 g/mol. The van der Waals surface area contributed by atoms with E-state index in [9.17, 15) is 9.59 Å². The minimum Gasteiger partial charge on any atom is -0.463 e. The number of ether oxygens (including phenoxy) is 2. The average Bonchev–Trinajstić information content (AvgIpc) is 2.47. The number of hydrogen-bond acceptors (Lipinski definition) is 4. The normalized spacial score (nSPS) is 10.5. The molecule has 0 fully saturated rings. The fourth-order valence-corrected chi connectivity index (χ4v) is 1.69. The van der Waals surface area contributed by atoms with Gasteiger partial charge in [0.15, 0.2) is 5.75 Å². The van der Waals surface area contributed by atoms with Gasteiger partial charge < -0.3 is 14.4 Å². The Labute approximate surface area is 135 Å². The van der Waals surface area contributed by atoms with Crippen LogP contribution in [0.25, 0.3) is 6.08 Å². The molecule has 1 aromatic carbocycles. The number of para-hydroxylation sites is 1. The lowest BCUT2D eigenvalue weighted by molar-refractivity contribution is -0.137. The Bertz CT molecular complexity index is 555. The van der Waals surface area contributed by atoms with Gasteiger partial charge in [-0.1, -0.05) is 37.1 Å². The van der Waals surface area contributed by atoms with Crippen LogP contribution in [0.5, 0.6) is 5.75 Å². The van der Waals surface area contributed by atoms with Crippen molar-refractivity contribution < 1.29 is 19.1 Å². The van der Waals surface area contributed by atoms with Crippen LogP contribution < -0.4 is 4.74 Å². The maximum absolute atomic E-state index is 11.7. The first-order valence-corrected chi connectivity index (χ1v) is 7.36. The lowest BCUT2D eigenvalue weighted by Crippen LogP contribution is -2.25. The van der Waals surface area contributed by atoms with Crippen molar-refractivity contribution in [3.63, 3.8) is 0 Å². The zero-order valence-corrected chi connectivity index (χ0v) is 13.7. The zero-order chi connectivity index (χ0) is 16.5. The van der Waals surface area contributed by atoms with Crippen LogP contribution in [-0.4, -0.2) is 37.7 Å². The molecule has 1 rings (SSSR count). The van der Waals surface area contributed by atoms with Gasteiger partial charge in [-0.2, -0.15) is 0 Å². The first kappa shape index (κ1) is 18.0. The van der Waals surface area contributed by atoms with E-state index in [2.05, 4.69) is 0 Å². The van der Waals surface area contributed by atoms with Crippen LogP contribution in [0.2, 0.25) is 5.02 Å². The number of carbonyl (C=O) groups is 2. The molecule has 0 bridgehead atoms. The van der Waals surface area contributed by atoms with Crippen molar-refractivity contribution in [3.8, 4) is 5.75 Å². The molecule has 0 saturated heterocycles. The number of carbonyl (C=O) groups excluding carboxylic acids is 2. The van der Waals surface area contributed by atoms with E-state index < -0.39 is 12.1 Å².